The summed E-state index contributed by atoms with van der Waals surface area (Å²) < 4.78 is 27.8. The number of nitrogen functional groups attached to an aromatic ring is 1. The number of halogens is 1. The zero-order valence-electron chi connectivity index (χ0n) is 13.6. The van der Waals surface area contributed by atoms with Gasteiger partial charge in [0.05, 0.1) is 27.1 Å². The van der Waals surface area contributed by atoms with Crippen LogP contribution < -0.4 is 11.3 Å². The highest BCUT2D eigenvalue weighted by Gasteiger charge is 2.24. The molecule has 0 spiro atoms. The van der Waals surface area contributed by atoms with Crippen LogP contribution >= 0.6 is 11.6 Å². The van der Waals surface area contributed by atoms with E-state index in [4.69, 9.17) is 22.6 Å². The Morgan fingerprint density at radius 2 is 1.96 bits per heavy atom. The number of aromatic amines is 1. The van der Waals surface area contributed by atoms with Crippen molar-refractivity contribution >= 4 is 49.0 Å². The highest BCUT2D eigenvalue weighted by atomic mass is 35.5. The summed E-state index contributed by atoms with van der Waals surface area (Å²) in [6, 6.07) is 10.8. The smallest absolute Gasteiger partial charge is 0.268 e. The highest BCUT2D eigenvalue weighted by Crippen LogP contribution is 2.32. The Balaban J connectivity index is 2.10. The number of H-pyrrole nitrogens is 1. The van der Waals surface area contributed by atoms with Gasteiger partial charge in [0.1, 0.15) is 0 Å². The van der Waals surface area contributed by atoms with Crippen LogP contribution in [0.25, 0.3) is 21.7 Å². The summed E-state index contributed by atoms with van der Waals surface area (Å²) in [4.78, 5) is 14.4. The molecule has 134 valence electrons. The molecular weight excluding hydrogens is 388 g/mol. The van der Waals surface area contributed by atoms with E-state index in [1.807, 2.05) is 6.07 Å². The number of pyridine rings is 1. The molecule has 0 fully saturated rings. The minimum atomic E-state index is -4.12. The molecule has 0 atom stereocenters. The molecule has 0 bridgehead atoms. The summed E-state index contributed by atoms with van der Waals surface area (Å²) in [6.07, 6.45) is 2.61. The average molecular weight is 399 g/mol. The van der Waals surface area contributed by atoms with Gasteiger partial charge >= 0.3 is 0 Å². The van der Waals surface area contributed by atoms with E-state index in [1.54, 1.807) is 6.07 Å². The summed E-state index contributed by atoms with van der Waals surface area (Å²) in [7, 11) is -4.12. The molecule has 9 heteroatoms. The standard InChI is InChI=1S/C18H11ClN4O3S/c19-13-9-22-18(24)12-2-1-3-16(17(12)13)27(25,26)23-5-4-11-14(21)6-10(8-20)7-15(11)23/h1-7,9H,21H2,(H,22,24). The van der Waals surface area contributed by atoms with Crippen molar-refractivity contribution in [3.05, 3.63) is 69.7 Å². The third-order valence-corrected chi connectivity index (χ3v) is 6.34. The number of nitrogens with zero attached hydrogens (tertiary/aromatic N) is 2. The van der Waals surface area contributed by atoms with Gasteiger partial charge in [-0.3, -0.25) is 4.79 Å². The fourth-order valence-electron chi connectivity index (χ4n) is 3.09. The molecule has 7 nitrogen and oxygen atoms in total. The molecule has 0 aliphatic rings. The van der Waals surface area contributed by atoms with Crippen LogP contribution in [-0.2, 0) is 10.0 Å². The second-order valence-corrected chi connectivity index (χ2v) is 8.06. The lowest BCUT2D eigenvalue weighted by Gasteiger charge is -2.11. The Hall–Kier alpha value is -3.28. The van der Waals surface area contributed by atoms with Crippen LogP contribution in [0.1, 0.15) is 5.56 Å². The van der Waals surface area contributed by atoms with Gasteiger partial charge in [-0.2, -0.15) is 5.26 Å². The Bertz CT molecular complexity index is 1450. The molecule has 4 rings (SSSR count). The SMILES string of the molecule is N#Cc1cc(N)c2ccn(S(=O)(=O)c3cccc4c(=O)[nH]cc(Cl)c34)c2c1. The molecule has 0 aliphatic carbocycles. The number of hydrogen-bond donors (Lipinski definition) is 2. The van der Waals surface area contributed by atoms with E-state index in [2.05, 4.69) is 4.98 Å². The number of anilines is 1. The number of benzene rings is 2. The van der Waals surface area contributed by atoms with Crippen molar-refractivity contribution in [1.82, 2.24) is 8.96 Å². The van der Waals surface area contributed by atoms with E-state index >= 15 is 0 Å². The Labute approximate surface area is 158 Å². The van der Waals surface area contributed by atoms with Crippen LogP contribution in [0.2, 0.25) is 5.02 Å². The third-order valence-electron chi connectivity index (χ3n) is 4.31. The molecule has 2 aromatic heterocycles. The van der Waals surface area contributed by atoms with Gasteiger partial charge in [0.15, 0.2) is 0 Å². The maximum Gasteiger partial charge on any atom is 0.268 e. The van der Waals surface area contributed by atoms with Gasteiger partial charge in [0, 0.05) is 34.2 Å². The van der Waals surface area contributed by atoms with Gasteiger partial charge in [-0.05, 0) is 30.3 Å². The van der Waals surface area contributed by atoms with Gasteiger partial charge in [-0.1, -0.05) is 17.7 Å². The second-order valence-electron chi connectivity index (χ2n) is 5.87. The van der Waals surface area contributed by atoms with Crippen molar-refractivity contribution in [3.8, 4) is 6.07 Å². The fraction of sp³-hybridized carbons (Fsp3) is 0. The van der Waals surface area contributed by atoms with Crippen LogP contribution in [0.5, 0.6) is 0 Å². The van der Waals surface area contributed by atoms with E-state index in [0.29, 0.717) is 11.1 Å². The largest absolute Gasteiger partial charge is 0.398 e. The van der Waals surface area contributed by atoms with Gasteiger partial charge in [-0.15, -0.1) is 0 Å². The molecule has 0 unspecified atom stereocenters. The predicted molar refractivity (Wildman–Crippen MR) is 103 cm³/mol. The number of nitriles is 1. The van der Waals surface area contributed by atoms with Crippen molar-refractivity contribution in [3.63, 3.8) is 0 Å². The predicted octanol–water partition coefficient (Wildman–Crippen LogP) is 2.83. The van der Waals surface area contributed by atoms with Crippen LogP contribution in [0.15, 0.2) is 58.5 Å². The minimum absolute atomic E-state index is 0.109. The second kappa shape index (κ2) is 5.87. The molecule has 27 heavy (non-hydrogen) atoms. The van der Waals surface area contributed by atoms with Crippen molar-refractivity contribution in [2.75, 3.05) is 5.73 Å². The van der Waals surface area contributed by atoms with Crippen molar-refractivity contribution in [1.29, 1.82) is 5.26 Å². The monoisotopic (exact) mass is 398 g/mol. The Morgan fingerprint density at radius 1 is 1.19 bits per heavy atom. The van der Waals surface area contributed by atoms with Crippen molar-refractivity contribution in [2.24, 2.45) is 0 Å². The first-order valence-electron chi connectivity index (χ1n) is 7.71. The number of nitrogens with one attached hydrogen (secondary N) is 1. The Kier molecular flexibility index (Phi) is 3.73. The maximum atomic E-state index is 13.4. The van der Waals surface area contributed by atoms with Crippen LogP contribution in [0.4, 0.5) is 5.69 Å². The molecule has 0 saturated heterocycles. The molecule has 0 saturated carbocycles. The molecule has 0 amide bonds. The lowest BCUT2D eigenvalue weighted by atomic mass is 10.1. The van der Waals surface area contributed by atoms with Crippen molar-refractivity contribution < 1.29 is 8.42 Å². The van der Waals surface area contributed by atoms with E-state index in [1.165, 1.54) is 42.7 Å². The van der Waals surface area contributed by atoms with E-state index in [9.17, 15) is 13.2 Å². The fourth-order valence-corrected chi connectivity index (χ4v) is 4.97. The summed E-state index contributed by atoms with van der Waals surface area (Å²) in [5.74, 6) is 0. The van der Waals surface area contributed by atoms with Crippen LogP contribution in [-0.4, -0.2) is 17.4 Å². The summed E-state index contributed by atoms with van der Waals surface area (Å²) in [5, 5.41) is 10.1. The molecule has 0 radical (unpaired) electrons. The molecule has 4 aromatic rings. The first kappa shape index (κ1) is 17.1. The van der Waals surface area contributed by atoms with Gasteiger partial charge in [0.2, 0.25) is 0 Å². The first-order valence-corrected chi connectivity index (χ1v) is 9.52. The number of nitrogens with two attached hydrogens (primary N) is 1. The maximum absolute atomic E-state index is 13.4. The van der Waals surface area contributed by atoms with Crippen LogP contribution in [0, 0.1) is 11.3 Å². The van der Waals surface area contributed by atoms with Gasteiger partial charge in [0.25, 0.3) is 15.6 Å². The quantitative estimate of drug-likeness (QED) is 0.503. The van der Waals surface area contributed by atoms with E-state index < -0.39 is 15.6 Å². The summed E-state index contributed by atoms with van der Waals surface area (Å²) >= 11 is 6.19. The molecule has 3 N–H and O–H groups in total. The molecular formula is C18H11ClN4O3S. The van der Waals surface area contributed by atoms with Crippen LogP contribution in [0.3, 0.4) is 0 Å². The number of hydrogen-bond acceptors (Lipinski definition) is 5. The topological polar surface area (TPSA) is 122 Å². The normalized spacial score (nSPS) is 11.7. The molecule has 2 aromatic carbocycles. The lowest BCUT2D eigenvalue weighted by Crippen LogP contribution is -2.14. The van der Waals surface area contributed by atoms with E-state index in [-0.39, 0.29) is 31.8 Å². The van der Waals surface area contributed by atoms with E-state index in [0.717, 1.165) is 3.97 Å². The minimum Gasteiger partial charge on any atom is -0.398 e. The van der Waals surface area contributed by atoms with Gasteiger partial charge in [-0.25, -0.2) is 12.4 Å². The first-order chi connectivity index (χ1) is 12.8. The van der Waals surface area contributed by atoms with Crippen molar-refractivity contribution in [2.45, 2.75) is 4.90 Å². The summed E-state index contributed by atoms with van der Waals surface area (Å²) in [5.41, 5.74) is 6.30. The number of aromatic nitrogens is 2. The molecule has 0 aliphatic heterocycles. The number of rotatable bonds is 2. The zero-order chi connectivity index (χ0) is 19.3. The summed E-state index contributed by atoms with van der Waals surface area (Å²) in [6.45, 7) is 0. The highest BCUT2D eigenvalue weighted by molar-refractivity contribution is 7.90. The lowest BCUT2D eigenvalue weighted by molar-refractivity contribution is 0.590. The number of fused-ring (bicyclic) bond motifs is 2. The third kappa shape index (κ3) is 2.48. The molecule has 2 heterocycles. The average Bonchev–Trinajstić information content (AvgIpc) is 3.09. The zero-order valence-corrected chi connectivity index (χ0v) is 15.2. The van der Waals surface area contributed by atoms with Gasteiger partial charge < -0.3 is 10.7 Å². The Morgan fingerprint density at radius 3 is 2.70 bits per heavy atom.